The van der Waals surface area contributed by atoms with Crippen molar-refractivity contribution in [2.45, 2.75) is 10.9 Å². The van der Waals surface area contributed by atoms with Gasteiger partial charge in [-0.2, -0.15) is 4.52 Å². The number of hydrogen-bond donors (Lipinski definition) is 0. The lowest BCUT2D eigenvalue weighted by Gasteiger charge is -2.06. The minimum atomic E-state index is -0.385. The van der Waals surface area contributed by atoms with Crippen LogP contribution in [0.15, 0.2) is 84.0 Å². The predicted molar refractivity (Wildman–Crippen MR) is 116 cm³/mol. The van der Waals surface area contributed by atoms with Crippen molar-refractivity contribution in [2.24, 2.45) is 0 Å². The van der Waals surface area contributed by atoms with Crippen LogP contribution in [0.5, 0.6) is 0 Å². The van der Waals surface area contributed by atoms with Crippen molar-refractivity contribution in [3.8, 4) is 11.4 Å². The van der Waals surface area contributed by atoms with Gasteiger partial charge in [-0.3, -0.25) is 10.1 Å². The number of thioether (sulfide) groups is 1. The third kappa shape index (κ3) is 3.37. The Morgan fingerprint density at radius 3 is 2.57 bits per heavy atom. The molecule has 5 rings (SSSR count). The molecule has 8 heteroatoms. The molecule has 2 heterocycles. The molecule has 0 aliphatic rings. The number of rotatable bonds is 5. The average Bonchev–Trinajstić information content (AvgIpc) is 3.24. The van der Waals surface area contributed by atoms with Gasteiger partial charge in [0.05, 0.1) is 10.4 Å². The summed E-state index contributed by atoms with van der Waals surface area (Å²) in [7, 11) is 0. The van der Waals surface area contributed by atoms with Crippen molar-refractivity contribution >= 4 is 34.0 Å². The van der Waals surface area contributed by atoms with E-state index in [-0.39, 0.29) is 10.6 Å². The highest BCUT2D eigenvalue weighted by Crippen LogP contribution is 2.28. The number of aromatic nitrogens is 4. The van der Waals surface area contributed by atoms with E-state index in [9.17, 15) is 10.1 Å². The van der Waals surface area contributed by atoms with Crippen LogP contribution in [0.25, 0.3) is 27.9 Å². The number of nitro groups is 1. The maximum atomic E-state index is 11.1. The summed E-state index contributed by atoms with van der Waals surface area (Å²) in [5, 5.41) is 17.4. The molecule has 5 aromatic rings. The molecule has 0 unspecified atom stereocenters. The first kappa shape index (κ1) is 18.3. The van der Waals surface area contributed by atoms with Crippen LogP contribution in [0.3, 0.4) is 0 Å². The van der Waals surface area contributed by atoms with E-state index in [0.717, 1.165) is 27.7 Å². The molecule has 0 fully saturated rings. The van der Waals surface area contributed by atoms with Gasteiger partial charge in [0.2, 0.25) is 0 Å². The lowest BCUT2D eigenvalue weighted by molar-refractivity contribution is -0.384. The van der Waals surface area contributed by atoms with Gasteiger partial charge in [-0.15, -0.1) is 5.10 Å². The molecular formula is C22H15N5O2S. The van der Waals surface area contributed by atoms with Gasteiger partial charge in [-0.1, -0.05) is 66.4 Å². The summed E-state index contributed by atoms with van der Waals surface area (Å²) in [6.07, 6.45) is 0. The Morgan fingerprint density at radius 1 is 0.933 bits per heavy atom. The maximum absolute atomic E-state index is 11.1. The van der Waals surface area contributed by atoms with Crippen molar-refractivity contribution < 1.29 is 4.92 Å². The summed E-state index contributed by atoms with van der Waals surface area (Å²) in [6.45, 7) is 0. The number of fused-ring (bicyclic) bond motifs is 3. The van der Waals surface area contributed by atoms with Crippen molar-refractivity contribution in [1.82, 2.24) is 19.6 Å². The molecule has 30 heavy (non-hydrogen) atoms. The van der Waals surface area contributed by atoms with Crippen molar-refractivity contribution in [3.05, 3.63) is 94.5 Å². The third-order valence-corrected chi connectivity index (χ3v) is 5.67. The zero-order valence-electron chi connectivity index (χ0n) is 15.7. The van der Waals surface area contributed by atoms with Gasteiger partial charge in [0, 0.05) is 28.8 Å². The highest BCUT2D eigenvalue weighted by molar-refractivity contribution is 7.98. The summed E-state index contributed by atoms with van der Waals surface area (Å²) in [5.74, 6) is 1.16. The molecule has 0 atom stereocenters. The van der Waals surface area contributed by atoms with Crippen LogP contribution in [0.1, 0.15) is 5.56 Å². The second kappa shape index (κ2) is 7.57. The molecule has 0 spiro atoms. The Hall–Kier alpha value is -3.78. The molecule has 0 bridgehead atoms. The second-order valence-electron chi connectivity index (χ2n) is 6.66. The number of benzene rings is 3. The van der Waals surface area contributed by atoms with Crippen LogP contribution in [0.2, 0.25) is 0 Å². The fourth-order valence-corrected chi connectivity index (χ4v) is 4.13. The van der Waals surface area contributed by atoms with Gasteiger partial charge in [0.15, 0.2) is 16.6 Å². The van der Waals surface area contributed by atoms with E-state index in [1.165, 1.54) is 17.8 Å². The zero-order valence-corrected chi connectivity index (χ0v) is 16.5. The maximum Gasteiger partial charge on any atom is 0.269 e. The van der Waals surface area contributed by atoms with Gasteiger partial charge in [0.25, 0.3) is 5.69 Å². The standard InChI is InChI=1S/C22H15N5O2S/c28-27(29)17-10-6-7-15(13-17)14-30-22-23-19-12-5-4-11-18(19)21-24-20(25-26(21)22)16-8-2-1-3-9-16/h1-13H,14H2. The molecule has 7 nitrogen and oxygen atoms in total. The summed E-state index contributed by atoms with van der Waals surface area (Å²) in [4.78, 5) is 20.2. The Bertz CT molecular complexity index is 1380. The lowest BCUT2D eigenvalue weighted by Crippen LogP contribution is -1.98. The number of nitro benzene ring substituents is 1. The molecule has 0 amide bonds. The van der Waals surface area contributed by atoms with E-state index in [1.807, 2.05) is 60.7 Å². The van der Waals surface area contributed by atoms with Gasteiger partial charge in [-0.25, -0.2) is 9.97 Å². The largest absolute Gasteiger partial charge is 0.269 e. The van der Waals surface area contributed by atoms with Crippen LogP contribution < -0.4 is 0 Å². The quantitative estimate of drug-likeness (QED) is 0.171. The summed E-state index contributed by atoms with van der Waals surface area (Å²) in [6, 6.07) is 24.3. The first-order valence-electron chi connectivity index (χ1n) is 9.26. The van der Waals surface area contributed by atoms with Crippen molar-refractivity contribution in [2.75, 3.05) is 0 Å². The van der Waals surface area contributed by atoms with E-state index in [2.05, 4.69) is 0 Å². The van der Waals surface area contributed by atoms with Crippen LogP contribution >= 0.6 is 11.8 Å². The SMILES string of the molecule is O=[N+]([O-])c1cccc(CSc2nc3ccccc3c3nc(-c4ccccc4)nn23)c1. The average molecular weight is 413 g/mol. The summed E-state index contributed by atoms with van der Waals surface area (Å²) < 4.78 is 1.76. The fraction of sp³-hybridized carbons (Fsp3) is 0.0455. The van der Waals surface area contributed by atoms with E-state index < -0.39 is 0 Å². The minimum absolute atomic E-state index is 0.0804. The van der Waals surface area contributed by atoms with Gasteiger partial charge in [0.1, 0.15) is 0 Å². The molecule has 146 valence electrons. The van der Waals surface area contributed by atoms with Gasteiger partial charge in [-0.05, 0) is 17.7 Å². The monoisotopic (exact) mass is 413 g/mol. The van der Waals surface area contributed by atoms with E-state index in [1.54, 1.807) is 16.6 Å². The Labute approximate surface area is 175 Å². The molecule has 0 saturated carbocycles. The molecule has 0 aliphatic heterocycles. The van der Waals surface area contributed by atoms with Crippen LogP contribution in [0, 0.1) is 10.1 Å². The molecule has 3 aromatic carbocycles. The summed E-state index contributed by atoms with van der Waals surface area (Å²) >= 11 is 1.47. The molecule has 0 saturated heterocycles. The number of non-ortho nitro benzene ring substituents is 1. The van der Waals surface area contributed by atoms with E-state index in [4.69, 9.17) is 15.1 Å². The Morgan fingerprint density at radius 2 is 1.73 bits per heavy atom. The fourth-order valence-electron chi connectivity index (χ4n) is 3.24. The highest BCUT2D eigenvalue weighted by atomic mass is 32.2. The third-order valence-electron chi connectivity index (χ3n) is 4.67. The first-order chi connectivity index (χ1) is 14.7. The van der Waals surface area contributed by atoms with E-state index >= 15 is 0 Å². The van der Waals surface area contributed by atoms with Crippen LogP contribution in [-0.4, -0.2) is 24.5 Å². The smallest absolute Gasteiger partial charge is 0.258 e. The highest BCUT2D eigenvalue weighted by Gasteiger charge is 2.15. The molecule has 0 aliphatic carbocycles. The minimum Gasteiger partial charge on any atom is -0.258 e. The first-order valence-corrected chi connectivity index (χ1v) is 10.2. The number of nitrogens with zero attached hydrogens (tertiary/aromatic N) is 5. The Balaban J connectivity index is 1.59. The van der Waals surface area contributed by atoms with Gasteiger partial charge >= 0.3 is 0 Å². The zero-order chi connectivity index (χ0) is 20.5. The van der Waals surface area contributed by atoms with Crippen molar-refractivity contribution in [3.63, 3.8) is 0 Å². The Kier molecular flexibility index (Phi) is 4.61. The van der Waals surface area contributed by atoms with Crippen molar-refractivity contribution in [1.29, 1.82) is 0 Å². The number of hydrogen-bond acceptors (Lipinski definition) is 6. The lowest BCUT2D eigenvalue weighted by atomic mass is 10.2. The van der Waals surface area contributed by atoms with E-state index in [0.29, 0.717) is 16.7 Å². The second-order valence-corrected chi connectivity index (χ2v) is 7.61. The summed E-state index contributed by atoms with van der Waals surface area (Å²) in [5.41, 5.74) is 3.43. The van der Waals surface area contributed by atoms with Gasteiger partial charge < -0.3 is 0 Å². The topological polar surface area (TPSA) is 86.2 Å². The normalized spacial score (nSPS) is 11.2. The number of para-hydroxylation sites is 1. The molecule has 0 radical (unpaired) electrons. The molecular weight excluding hydrogens is 398 g/mol. The predicted octanol–water partition coefficient (Wildman–Crippen LogP) is 5.15. The van der Waals surface area contributed by atoms with Crippen LogP contribution in [-0.2, 0) is 5.75 Å². The molecule has 0 N–H and O–H groups in total. The van der Waals surface area contributed by atoms with Crippen LogP contribution in [0.4, 0.5) is 5.69 Å². The molecule has 2 aromatic heterocycles.